The lowest BCUT2D eigenvalue weighted by molar-refractivity contribution is 0.0934. The van der Waals surface area contributed by atoms with E-state index in [4.69, 9.17) is 0 Å². The number of hydrogen-bond acceptors (Lipinski definition) is 2. The van der Waals surface area contributed by atoms with E-state index < -0.39 is 0 Å². The molecular weight excluding hydrogens is 214 g/mol. The third kappa shape index (κ3) is 2.72. The van der Waals surface area contributed by atoms with Gasteiger partial charge in [-0.2, -0.15) is 5.10 Å². The molecule has 0 aliphatic carbocycles. The van der Waals surface area contributed by atoms with Gasteiger partial charge in [-0.15, -0.1) is 0 Å². The lowest BCUT2D eigenvalue weighted by Gasteiger charge is -2.13. The lowest BCUT2D eigenvalue weighted by atomic mass is 10.1. The number of nitrogens with zero attached hydrogens (tertiary/aromatic N) is 2. The van der Waals surface area contributed by atoms with Crippen molar-refractivity contribution in [1.82, 2.24) is 15.1 Å². The lowest BCUT2D eigenvalue weighted by Crippen LogP contribution is -2.27. The van der Waals surface area contributed by atoms with Crippen molar-refractivity contribution in [2.24, 2.45) is 7.05 Å². The first-order chi connectivity index (χ1) is 8.16. The number of carbonyl (C=O) groups is 1. The number of aryl methyl sites for hydroxylation is 1. The summed E-state index contributed by atoms with van der Waals surface area (Å²) < 4.78 is 1.61. The van der Waals surface area contributed by atoms with Gasteiger partial charge in [0.25, 0.3) is 5.91 Å². The molecule has 0 saturated heterocycles. The summed E-state index contributed by atoms with van der Waals surface area (Å²) in [6.45, 7) is 1.95. The van der Waals surface area contributed by atoms with Crippen LogP contribution in [0.15, 0.2) is 42.6 Å². The normalized spacial score (nSPS) is 12.1. The Morgan fingerprint density at radius 1 is 1.29 bits per heavy atom. The molecule has 1 heterocycles. The molecule has 17 heavy (non-hydrogen) atoms. The molecular formula is C13H15N3O. The van der Waals surface area contributed by atoms with Gasteiger partial charge in [-0.3, -0.25) is 9.48 Å². The maximum atomic E-state index is 11.9. The zero-order chi connectivity index (χ0) is 12.3. The minimum atomic E-state index is -0.151. The molecule has 4 heteroatoms. The average molecular weight is 229 g/mol. The fraction of sp³-hybridized carbons (Fsp3) is 0.231. The Balaban J connectivity index is 2.04. The first-order valence-electron chi connectivity index (χ1n) is 5.52. The summed E-state index contributed by atoms with van der Waals surface area (Å²) >= 11 is 0. The predicted octanol–water partition coefficient (Wildman–Crippen LogP) is 1.91. The number of hydrogen-bond donors (Lipinski definition) is 1. The Morgan fingerprint density at radius 3 is 2.59 bits per heavy atom. The van der Waals surface area contributed by atoms with Crippen molar-refractivity contribution in [3.05, 3.63) is 53.9 Å². The van der Waals surface area contributed by atoms with Gasteiger partial charge in [0.1, 0.15) is 5.69 Å². The molecule has 1 amide bonds. The van der Waals surface area contributed by atoms with Crippen LogP contribution in [0, 0.1) is 0 Å². The standard InChI is InChI=1S/C13H15N3O/c1-10(11-6-4-3-5-7-11)14-13(17)12-8-9-16(2)15-12/h3-10H,1-2H3,(H,14,17)/t10-/m1/s1. The van der Waals surface area contributed by atoms with Gasteiger partial charge in [0, 0.05) is 13.2 Å². The Kier molecular flexibility index (Phi) is 3.23. The van der Waals surface area contributed by atoms with Crippen LogP contribution in [0.5, 0.6) is 0 Å². The van der Waals surface area contributed by atoms with E-state index in [9.17, 15) is 4.79 Å². The maximum absolute atomic E-state index is 11.9. The van der Waals surface area contributed by atoms with Crippen LogP contribution in [0.2, 0.25) is 0 Å². The molecule has 2 aromatic rings. The smallest absolute Gasteiger partial charge is 0.272 e. The van der Waals surface area contributed by atoms with Crippen LogP contribution in [0.3, 0.4) is 0 Å². The van der Waals surface area contributed by atoms with Crippen LogP contribution < -0.4 is 5.32 Å². The highest BCUT2D eigenvalue weighted by molar-refractivity contribution is 5.92. The Hall–Kier alpha value is -2.10. The molecule has 2 rings (SSSR count). The van der Waals surface area contributed by atoms with Crippen molar-refractivity contribution in [2.75, 3.05) is 0 Å². The largest absolute Gasteiger partial charge is 0.344 e. The van der Waals surface area contributed by atoms with Crippen LogP contribution in [-0.4, -0.2) is 15.7 Å². The van der Waals surface area contributed by atoms with E-state index in [2.05, 4.69) is 10.4 Å². The third-order valence-electron chi connectivity index (χ3n) is 2.59. The van der Waals surface area contributed by atoms with Crippen LogP contribution in [0.4, 0.5) is 0 Å². The number of rotatable bonds is 3. The second kappa shape index (κ2) is 4.82. The Bertz CT molecular complexity index is 504. The second-order valence-corrected chi connectivity index (χ2v) is 3.98. The summed E-state index contributed by atoms with van der Waals surface area (Å²) in [7, 11) is 1.79. The molecule has 0 bridgehead atoms. The molecule has 1 aromatic heterocycles. The molecule has 0 fully saturated rings. The van der Waals surface area contributed by atoms with Crippen LogP contribution >= 0.6 is 0 Å². The van der Waals surface area contributed by atoms with E-state index >= 15 is 0 Å². The number of benzene rings is 1. The monoisotopic (exact) mass is 229 g/mol. The summed E-state index contributed by atoms with van der Waals surface area (Å²) in [4.78, 5) is 11.9. The zero-order valence-electron chi connectivity index (χ0n) is 9.92. The van der Waals surface area contributed by atoms with Gasteiger partial charge in [0.2, 0.25) is 0 Å². The highest BCUT2D eigenvalue weighted by Crippen LogP contribution is 2.11. The molecule has 4 nitrogen and oxygen atoms in total. The third-order valence-corrected chi connectivity index (χ3v) is 2.59. The molecule has 0 saturated carbocycles. The van der Waals surface area contributed by atoms with Gasteiger partial charge < -0.3 is 5.32 Å². The molecule has 0 aliphatic rings. The van der Waals surface area contributed by atoms with Crippen LogP contribution in [-0.2, 0) is 7.05 Å². The molecule has 1 N–H and O–H groups in total. The fourth-order valence-electron chi connectivity index (χ4n) is 1.63. The zero-order valence-corrected chi connectivity index (χ0v) is 9.92. The first-order valence-corrected chi connectivity index (χ1v) is 5.52. The SMILES string of the molecule is C[C@@H](NC(=O)c1ccn(C)n1)c1ccccc1. The summed E-state index contributed by atoms with van der Waals surface area (Å²) in [6.07, 6.45) is 1.75. The minimum Gasteiger partial charge on any atom is -0.344 e. The van der Waals surface area contributed by atoms with Crippen molar-refractivity contribution < 1.29 is 4.79 Å². The highest BCUT2D eigenvalue weighted by atomic mass is 16.2. The van der Waals surface area contributed by atoms with Crippen LogP contribution in [0.25, 0.3) is 0 Å². The van der Waals surface area contributed by atoms with Gasteiger partial charge in [-0.1, -0.05) is 30.3 Å². The fourth-order valence-corrected chi connectivity index (χ4v) is 1.63. The van der Waals surface area contributed by atoms with E-state index in [0.717, 1.165) is 5.56 Å². The quantitative estimate of drug-likeness (QED) is 0.874. The molecule has 0 spiro atoms. The molecule has 1 aromatic carbocycles. The van der Waals surface area contributed by atoms with E-state index in [0.29, 0.717) is 5.69 Å². The number of carbonyl (C=O) groups excluding carboxylic acids is 1. The van der Waals surface area contributed by atoms with E-state index in [-0.39, 0.29) is 11.9 Å². The summed E-state index contributed by atoms with van der Waals surface area (Å²) in [5.74, 6) is -0.151. The van der Waals surface area contributed by atoms with Crippen molar-refractivity contribution in [2.45, 2.75) is 13.0 Å². The highest BCUT2D eigenvalue weighted by Gasteiger charge is 2.12. The average Bonchev–Trinajstić information content (AvgIpc) is 2.77. The minimum absolute atomic E-state index is 0.0225. The molecule has 1 atom stereocenters. The maximum Gasteiger partial charge on any atom is 0.272 e. The van der Waals surface area contributed by atoms with Gasteiger partial charge in [0.15, 0.2) is 0 Å². The predicted molar refractivity (Wildman–Crippen MR) is 65.5 cm³/mol. The molecule has 0 unspecified atom stereocenters. The van der Waals surface area contributed by atoms with E-state index in [1.54, 1.807) is 24.0 Å². The molecule has 88 valence electrons. The van der Waals surface area contributed by atoms with Crippen molar-refractivity contribution in [1.29, 1.82) is 0 Å². The summed E-state index contributed by atoms with van der Waals surface area (Å²) in [5, 5.41) is 6.97. The van der Waals surface area contributed by atoms with Crippen molar-refractivity contribution >= 4 is 5.91 Å². The van der Waals surface area contributed by atoms with Gasteiger partial charge >= 0.3 is 0 Å². The van der Waals surface area contributed by atoms with Gasteiger partial charge in [-0.05, 0) is 18.6 Å². The number of amides is 1. The van der Waals surface area contributed by atoms with Crippen LogP contribution in [0.1, 0.15) is 29.0 Å². The summed E-state index contributed by atoms with van der Waals surface area (Å²) in [6, 6.07) is 11.5. The van der Waals surface area contributed by atoms with E-state index in [1.807, 2.05) is 37.3 Å². The number of aromatic nitrogens is 2. The van der Waals surface area contributed by atoms with Gasteiger partial charge in [-0.25, -0.2) is 0 Å². The van der Waals surface area contributed by atoms with Crippen molar-refractivity contribution in [3.8, 4) is 0 Å². The van der Waals surface area contributed by atoms with Crippen molar-refractivity contribution in [3.63, 3.8) is 0 Å². The van der Waals surface area contributed by atoms with Gasteiger partial charge in [0.05, 0.1) is 6.04 Å². The Labute approximate surface area is 100 Å². The molecule has 0 radical (unpaired) electrons. The molecule has 0 aliphatic heterocycles. The summed E-state index contributed by atoms with van der Waals surface area (Å²) in [5.41, 5.74) is 1.52. The second-order valence-electron chi connectivity index (χ2n) is 3.98. The van der Waals surface area contributed by atoms with E-state index in [1.165, 1.54) is 0 Å². The Morgan fingerprint density at radius 2 is 2.00 bits per heavy atom. The number of nitrogens with one attached hydrogen (secondary N) is 1. The topological polar surface area (TPSA) is 46.9 Å². The first kappa shape index (κ1) is 11.4.